The molecule has 1 amide bonds. The fraction of sp³-hybridized carbons (Fsp3) is 0.556. The molecular weight excluding hydrogens is 571 g/mol. The molecular formula is C36H43FN4O4. The first-order valence-corrected chi connectivity index (χ1v) is 16.0. The van der Waals surface area contributed by atoms with E-state index in [4.69, 9.17) is 15.8 Å². The Morgan fingerprint density at radius 2 is 1.71 bits per heavy atom. The third kappa shape index (κ3) is 6.22. The van der Waals surface area contributed by atoms with E-state index in [0.29, 0.717) is 31.0 Å². The maximum Gasteiger partial charge on any atom is 0.369 e. The van der Waals surface area contributed by atoms with Gasteiger partial charge in [-0.3, -0.25) is 9.64 Å². The van der Waals surface area contributed by atoms with Crippen LogP contribution in [-0.4, -0.2) is 39.0 Å². The summed E-state index contributed by atoms with van der Waals surface area (Å²) in [5.41, 5.74) is -0.857. The number of rotatable bonds is 9. The zero-order valence-corrected chi connectivity index (χ0v) is 26.9. The summed E-state index contributed by atoms with van der Waals surface area (Å²) in [5, 5.41) is 14.7. The number of hydrogen-bond acceptors (Lipinski definition) is 6. The number of carbonyl (C=O) groups is 1. The van der Waals surface area contributed by atoms with E-state index >= 15 is 0 Å². The van der Waals surface area contributed by atoms with Gasteiger partial charge in [0.1, 0.15) is 5.75 Å². The molecule has 238 valence electrons. The molecule has 8 nitrogen and oxygen atoms in total. The quantitative estimate of drug-likeness (QED) is 0.248. The molecule has 9 heteroatoms. The highest BCUT2D eigenvalue weighted by Gasteiger charge is 2.53. The second kappa shape index (κ2) is 10.9. The predicted molar refractivity (Wildman–Crippen MR) is 169 cm³/mol. The molecule has 45 heavy (non-hydrogen) atoms. The maximum atomic E-state index is 14.5. The van der Waals surface area contributed by atoms with Crippen molar-refractivity contribution in [2.24, 2.45) is 11.3 Å². The van der Waals surface area contributed by atoms with Gasteiger partial charge in [0.25, 0.3) is 5.89 Å². The van der Waals surface area contributed by atoms with E-state index in [2.05, 4.69) is 21.1 Å². The molecule has 3 aromatic rings. The molecule has 0 unspecified atom stereocenters. The Hall–Kier alpha value is -3.77. The topological polar surface area (TPSA) is 93.0 Å². The summed E-state index contributed by atoms with van der Waals surface area (Å²) in [6.45, 7) is 16.1. The fourth-order valence-corrected chi connectivity index (χ4v) is 7.43. The minimum Gasteiger partial charge on any atom is -0.422 e. The summed E-state index contributed by atoms with van der Waals surface area (Å²) in [6.07, 6.45) is 6.31. The molecule has 2 aromatic carbocycles. The molecule has 4 fully saturated rings. The first-order chi connectivity index (χ1) is 21.1. The molecule has 1 N–H and O–H groups in total. The zero-order chi connectivity index (χ0) is 32.3. The van der Waals surface area contributed by atoms with Crippen LogP contribution < -0.4 is 9.64 Å². The van der Waals surface area contributed by atoms with Crippen LogP contribution >= 0.6 is 0 Å². The van der Waals surface area contributed by atoms with Crippen LogP contribution in [0.15, 0.2) is 53.1 Å². The molecule has 4 aliphatic rings. The molecule has 0 spiro atoms. The number of aliphatic hydroxyl groups is 1. The van der Waals surface area contributed by atoms with Gasteiger partial charge in [-0.25, -0.2) is 11.0 Å². The molecule has 0 saturated heterocycles. The van der Waals surface area contributed by atoms with Crippen LogP contribution in [0.2, 0.25) is 0 Å². The molecule has 0 atom stereocenters. The minimum absolute atomic E-state index is 0.0247. The van der Waals surface area contributed by atoms with Crippen molar-refractivity contribution < 1.29 is 23.6 Å². The Balaban J connectivity index is 1.24. The Labute approximate surface area is 264 Å². The average molecular weight is 615 g/mol. The van der Waals surface area contributed by atoms with E-state index in [1.54, 1.807) is 20.8 Å². The van der Waals surface area contributed by atoms with Crippen molar-refractivity contribution in [2.75, 3.05) is 11.4 Å². The predicted octanol–water partition coefficient (Wildman–Crippen LogP) is 7.76. The Kier molecular flexibility index (Phi) is 7.59. The highest BCUT2D eigenvalue weighted by atomic mass is 19.1. The first kappa shape index (κ1) is 31.2. The van der Waals surface area contributed by atoms with Gasteiger partial charge in [-0.1, -0.05) is 29.4 Å². The summed E-state index contributed by atoms with van der Waals surface area (Å²) in [7, 11) is 0. The number of benzene rings is 2. The van der Waals surface area contributed by atoms with E-state index in [1.165, 1.54) is 13.8 Å². The smallest absolute Gasteiger partial charge is 0.369 e. The second-order valence-electron chi connectivity index (χ2n) is 14.9. The van der Waals surface area contributed by atoms with Gasteiger partial charge in [0.05, 0.1) is 19.4 Å². The minimum atomic E-state index is -1.68. The normalized spacial score (nSPS) is 27.8. The van der Waals surface area contributed by atoms with Crippen LogP contribution in [0.5, 0.6) is 5.75 Å². The number of nitrogens with zero attached hydrogens (tertiary/aromatic N) is 4. The average Bonchev–Trinajstić information content (AvgIpc) is 3.52. The number of aromatic nitrogens is 2. The van der Waals surface area contributed by atoms with Crippen LogP contribution in [0.3, 0.4) is 0 Å². The molecule has 2 bridgehead atoms. The fourth-order valence-electron chi connectivity index (χ4n) is 7.43. The SMILES string of the molecule is [C-]#[N+]C(C)(C)Oc1ccc(-c2cccc(N(CC34CCC(c5noc(C(C)(C)F)n5)(CC3)CC4)C(=O)C3CC(C)(O)C3)c2)cc1. The summed E-state index contributed by atoms with van der Waals surface area (Å²) >= 11 is 0. The number of fused-ring (bicyclic) bond motifs is 3. The third-order valence-electron chi connectivity index (χ3n) is 10.3. The van der Waals surface area contributed by atoms with Crippen LogP contribution in [-0.2, 0) is 15.9 Å². The van der Waals surface area contributed by atoms with Crippen molar-refractivity contribution in [1.29, 1.82) is 0 Å². The van der Waals surface area contributed by atoms with E-state index in [9.17, 15) is 14.3 Å². The number of amides is 1. The van der Waals surface area contributed by atoms with E-state index in [1.807, 2.05) is 47.4 Å². The molecule has 4 aliphatic carbocycles. The summed E-state index contributed by atoms with van der Waals surface area (Å²) < 4.78 is 25.6. The van der Waals surface area contributed by atoms with Gasteiger partial charge in [0, 0.05) is 23.6 Å². The number of ether oxygens (including phenoxy) is 1. The van der Waals surface area contributed by atoms with Gasteiger partial charge in [0.2, 0.25) is 5.91 Å². The van der Waals surface area contributed by atoms with Crippen molar-refractivity contribution in [2.45, 2.75) is 108 Å². The lowest BCUT2D eigenvalue weighted by atomic mass is 9.53. The van der Waals surface area contributed by atoms with Gasteiger partial charge in [-0.2, -0.15) is 4.98 Å². The monoisotopic (exact) mass is 614 g/mol. The molecule has 0 radical (unpaired) electrons. The maximum absolute atomic E-state index is 14.5. The first-order valence-electron chi connectivity index (χ1n) is 16.0. The Bertz CT molecular complexity index is 1580. The highest BCUT2D eigenvalue weighted by molar-refractivity contribution is 5.96. The van der Waals surface area contributed by atoms with Crippen molar-refractivity contribution in [3.63, 3.8) is 0 Å². The second-order valence-corrected chi connectivity index (χ2v) is 14.9. The number of halogens is 1. The van der Waals surface area contributed by atoms with Crippen molar-refractivity contribution >= 4 is 11.6 Å². The van der Waals surface area contributed by atoms with Crippen molar-refractivity contribution in [3.05, 3.63) is 71.7 Å². The number of carbonyl (C=O) groups excluding carboxylic acids is 1. The molecule has 1 heterocycles. The van der Waals surface area contributed by atoms with Crippen LogP contribution in [0.1, 0.15) is 97.7 Å². The van der Waals surface area contributed by atoms with Gasteiger partial charge in [-0.15, -0.1) is 0 Å². The van der Waals surface area contributed by atoms with E-state index in [-0.39, 0.29) is 28.5 Å². The molecule has 0 aliphatic heterocycles. The molecule has 4 saturated carbocycles. The van der Waals surface area contributed by atoms with E-state index in [0.717, 1.165) is 55.3 Å². The van der Waals surface area contributed by atoms with Crippen molar-refractivity contribution in [1.82, 2.24) is 10.1 Å². The van der Waals surface area contributed by atoms with Crippen LogP contribution in [0.25, 0.3) is 16.0 Å². The third-order valence-corrected chi connectivity index (χ3v) is 10.3. The number of hydrogen-bond donors (Lipinski definition) is 1. The number of anilines is 1. The molecule has 7 rings (SSSR count). The molecule has 1 aromatic heterocycles. The zero-order valence-electron chi connectivity index (χ0n) is 26.9. The standard InChI is InChI=1S/C36H43FN4O4/c1-32(2,37)31-39-30(40-45-31)36-17-14-35(15-18-36,16-19-36)23-41(29(42)26-21-34(5,43)22-26)27-9-7-8-25(20-27)24-10-12-28(13-11-24)44-33(3,4)38-6/h7-13,20,26,43H,14-19,21-23H2,1-5H3. The van der Waals surface area contributed by atoms with E-state index < -0.39 is 17.0 Å². The highest BCUT2D eigenvalue weighted by Crippen LogP contribution is 2.58. The number of alkyl halides is 1. The van der Waals surface area contributed by atoms with Crippen LogP contribution in [0, 0.1) is 17.9 Å². The Morgan fingerprint density at radius 3 is 2.27 bits per heavy atom. The lowest BCUT2D eigenvalue weighted by Gasteiger charge is -2.54. The largest absolute Gasteiger partial charge is 0.422 e. The van der Waals surface area contributed by atoms with Gasteiger partial charge in [-0.05, 0) is 113 Å². The summed E-state index contributed by atoms with van der Waals surface area (Å²) in [4.78, 5) is 24.1. The van der Waals surface area contributed by atoms with Gasteiger partial charge >= 0.3 is 5.72 Å². The Morgan fingerprint density at radius 1 is 1.07 bits per heavy atom. The summed E-state index contributed by atoms with van der Waals surface area (Å²) in [5.74, 6) is 1.11. The summed E-state index contributed by atoms with van der Waals surface area (Å²) in [6, 6.07) is 15.8. The van der Waals surface area contributed by atoms with Crippen LogP contribution in [0.4, 0.5) is 10.1 Å². The lowest BCUT2D eigenvalue weighted by Crippen LogP contribution is -2.54. The van der Waals surface area contributed by atoms with Gasteiger partial charge in [0.15, 0.2) is 11.5 Å². The van der Waals surface area contributed by atoms with Gasteiger partial charge < -0.3 is 19.3 Å². The van der Waals surface area contributed by atoms with Crippen molar-refractivity contribution in [3.8, 4) is 16.9 Å². The lowest BCUT2D eigenvalue weighted by molar-refractivity contribution is -0.137.